The molecule has 1 aliphatic carbocycles. The highest BCUT2D eigenvalue weighted by molar-refractivity contribution is 7.71. The number of aromatic amines is 1. The quantitative estimate of drug-likeness (QED) is 0.845. The normalized spacial score (nSPS) is 16.0. The van der Waals surface area contributed by atoms with Gasteiger partial charge in [-0.2, -0.15) is 5.10 Å². The Kier molecular flexibility index (Phi) is 4.39. The molecule has 1 aromatic carbocycles. The van der Waals surface area contributed by atoms with Crippen molar-refractivity contribution in [2.45, 2.75) is 45.1 Å². The zero-order chi connectivity index (χ0) is 14.7. The van der Waals surface area contributed by atoms with Crippen LogP contribution < -0.4 is 4.74 Å². The molecule has 112 valence electrons. The van der Waals surface area contributed by atoms with Gasteiger partial charge in [0.2, 0.25) is 0 Å². The Hall–Kier alpha value is -1.62. The van der Waals surface area contributed by atoms with Gasteiger partial charge in [-0.3, -0.25) is 9.67 Å². The van der Waals surface area contributed by atoms with Crippen molar-refractivity contribution in [3.63, 3.8) is 0 Å². The minimum absolute atomic E-state index is 0.478. The van der Waals surface area contributed by atoms with E-state index in [2.05, 4.69) is 26.9 Å². The second kappa shape index (κ2) is 6.43. The largest absolute Gasteiger partial charge is 0.494 e. The molecule has 0 aliphatic heterocycles. The number of H-pyrrole nitrogens is 1. The van der Waals surface area contributed by atoms with Crippen molar-refractivity contribution in [2.24, 2.45) is 0 Å². The summed E-state index contributed by atoms with van der Waals surface area (Å²) in [6.45, 7) is 2.67. The number of aromatic nitrogens is 3. The van der Waals surface area contributed by atoms with Crippen LogP contribution in [0.1, 0.15) is 45.1 Å². The van der Waals surface area contributed by atoms with Gasteiger partial charge in [-0.15, -0.1) is 0 Å². The Bertz CT molecular complexity index is 638. The van der Waals surface area contributed by atoms with Crippen LogP contribution in [0.4, 0.5) is 0 Å². The predicted molar refractivity (Wildman–Crippen MR) is 86.1 cm³/mol. The van der Waals surface area contributed by atoms with E-state index < -0.39 is 0 Å². The number of hydrogen-bond acceptors (Lipinski definition) is 3. The molecule has 0 amide bonds. The number of nitrogens with one attached hydrogen (secondary N) is 1. The molecule has 0 bridgehead atoms. The molecular weight excluding hydrogens is 282 g/mol. The van der Waals surface area contributed by atoms with Crippen LogP contribution in [0.3, 0.4) is 0 Å². The molecule has 1 N–H and O–H groups in total. The summed E-state index contributed by atoms with van der Waals surface area (Å²) < 4.78 is 8.42. The van der Waals surface area contributed by atoms with Crippen LogP contribution in [0, 0.1) is 4.77 Å². The summed E-state index contributed by atoms with van der Waals surface area (Å²) >= 11 is 5.44. The fraction of sp³-hybridized carbons (Fsp3) is 0.500. The fourth-order valence-electron chi connectivity index (χ4n) is 3.05. The minimum Gasteiger partial charge on any atom is -0.494 e. The fourth-order valence-corrected chi connectivity index (χ4v) is 3.33. The van der Waals surface area contributed by atoms with Crippen LogP contribution in [-0.2, 0) is 0 Å². The molecule has 0 unspecified atom stereocenters. The van der Waals surface area contributed by atoms with E-state index in [-0.39, 0.29) is 0 Å². The van der Waals surface area contributed by atoms with E-state index in [1.54, 1.807) is 0 Å². The minimum atomic E-state index is 0.478. The van der Waals surface area contributed by atoms with Crippen molar-refractivity contribution in [3.8, 4) is 17.1 Å². The Morgan fingerprint density at radius 3 is 2.62 bits per heavy atom. The maximum absolute atomic E-state index is 5.49. The molecule has 5 heteroatoms. The molecule has 1 heterocycles. The monoisotopic (exact) mass is 303 g/mol. The van der Waals surface area contributed by atoms with Gasteiger partial charge in [0.25, 0.3) is 0 Å². The van der Waals surface area contributed by atoms with Crippen LogP contribution in [-0.4, -0.2) is 21.4 Å². The van der Waals surface area contributed by atoms with Gasteiger partial charge < -0.3 is 4.74 Å². The van der Waals surface area contributed by atoms with Crippen LogP contribution >= 0.6 is 12.2 Å². The molecule has 2 aromatic rings. The molecule has 0 saturated heterocycles. The van der Waals surface area contributed by atoms with E-state index in [1.165, 1.54) is 32.1 Å². The molecular formula is C16H21N3OS. The molecule has 1 fully saturated rings. The summed E-state index contributed by atoms with van der Waals surface area (Å²) in [5.41, 5.74) is 1.08. The number of ether oxygens (including phenoxy) is 1. The average molecular weight is 303 g/mol. The third-order valence-electron chi connectivity index (χ3n) is 4.07. The molecule has 0 atom stereocenters. The van der Waals surface area contributed by atoms with Gasteiger partial charge in [-0.1, -0.05) is 19.3 Å². The maximum atomic E-state index is 5.49. The first kappa shape index (κ1) is 14.3. The first-order valence-corrected chi connectivity index (χ1v) is 8.10. The van der Waals surface area contributed by atoms with Crippen LogP contribution in [0.2, 0.25) is 0 Å². The summed E-state index contributed by atoms with van der Waals surface area (Å²) in [6, 6.07) is 8.56. The van der Waals surface area contributed by atoms with E-state index in [1.807, 2.05) is 19.1 Å². The van der Waals surface area contributed by atoms with Gasteiger partial charge in [0.1, 0.15) is 5.75 Å². The number of rotatable bonds is 4. The summed E-state index contributed by atoms with van der Waals surface area (Å²) in [7, 11) is 0. The van der Waals surface area contributed by atoms with Crippen molar-refractivity contribution >= 4 is 12.2 Å². The lowest BCUT2D eigenvalue weighted by molar-refractivity contribution is 0.340. The second-order valence-corrected chi connectivity index (χ2v) is 5.86. The van der Waals surface area contributed by atoms with Gasteiger partial charge in [0, 0.05) is 11.6 Å². The molecule has 1 aliphatic rings. The van der Waals surface area contributed by atoms with E-state index >= 15 is 0 Å². The molecule has 4 nitrogen and oxygen atoms in total. The first-order valence-electron chi connectivity index (χ1n) is 7.69. The average Bonchev–Trinajstić information content (AvgIpc) is 2.91. The van der Waals surface area contributed by atoms with Crippen molar-refractivity contribution in [1.29, 1.82) is 0 Å². The zero-order valence-corrected chi connectivity index (χ0v) is 13.2. The third-order valence-corrected chi connectivity index (χ3v) is 4.36. The lowest BCUT2D eigenvalue weighted by Crippen LogP contribution is -2.14. The predicted octanol–water partition coefficient (Wildman–Crippen LogP) is 4.51. The molecule has 0 spiro atoms. The third kappa shape index (κ3) is 3.02. The summed E-state index contributed by atoms with van der Waals surface area (Å²) in [4.78, 5) is 0. The number of benzene rings is 1. The molecule has 3 rings (SSSR count). The SMILES string of the molecule is CCOc1ccc(-c2n[nH]c(=S)n2C2CCCCC2)cc1. The van der Waals surface area contributed by atoms with Crippen LogP contribution in [0.15, 0.2) is 24.3 Å². The standard InChI is InChI=1S/C16H21N3OS/c1-2-20-14-10-8-12(9-11-14)15-17-18-16(21)19(15)13-6-4-3-5-7-13/h8-11,13H,2-7H2,1H3,(H,18,21). The van der Waals surface area contributed by atoms with Gasteiger partial charge in [0.05, 0.1) is 6.61 Å². The zero-order valence-electron chi connectivity index (χ0n) is 12.3. The molecule has 21 heavy (non-hydrogen) atoms. The highest BCUT2D eigenvalue weighted by Crippen LogP contribution is 2.32. The van der Waals surface area contributed by atoms with Gasteiger partial charge in [-0.05, 0) is 56.2 Å². The van der Waals surface area contributed by atoms with Crippen molar-refractivity contribution in [3.05, 3.63) is 29.0 Å². The highest BCUT2D eigenvalue weighted by atomic mass is 32.1. The molecule has 0 radical (unpaired) electrons. The summed E-state index contributed by atoms with van der Waals surface area (Å²) in [6.07, 6.45) is 6.27. The summed E-state index contributed by atoms with van der Waals surface area (Å²) in [5.74, 6) is 1.83. The van der Waals surface area contributed by atoms with E-state index in [0.29, 0.717) is 12.6 Å². The summed E-state index contributed by atoms with van der Waals surface area (Å²) in [5, 5.41) is 7.40. The van der Waals surface area contributed by atoms with Crippen LogP contribution in [0.5, 0.6) is 5.75 Å². The van der Waals surface area contributed by atoms with E-state index in [0.717, 1.165) is 21.9 Å². The van der Waals surface area contributed by atoms with Gasteiger partial charge in [0.15, 0.2) is 10.6 Å². The van der Waals surface area contributed by atoms with Crippen LogP contribution in [0.25, 0.3) is 11.4 Å². The van der Waals surface area contributed by atoms with Crippen molar-refractivity contribution < 1.29 is 4.74 Å². The molecule has 1 saturated carbocycles. The Morgan fingerprint density at radius 2 is 1.95 bits per heavy atom. The Morgan fingerprint density at radius 1 is 1.24 bits per heavy atom. The lowest BCUT2D eigenvalue weighted by Gasteiger charge is -2.24. The number of hydrogen-bond donors (Lipinski definition) is 1. The van der Waals surface area contributed by atoms with Gasteiger partial charge in [-0.25, -0.2) is 0 Å². The molecule has 1 aromatic heterocycles. The highest BCUT2D eigenvalue weighted by Gasteiger charge is 2.20. The lowest BCUT2D eigenvalue weighted by atomic mass is 9.95. The van der Waals surface area contributed by atoms with Gasteiger partial charge >= 0.3 is 0 Å². The first-order chi connectivity index (χ1) is 10.3. The maximum Gasteiger partial charge on any atom is 0.195 e. The smallest absolute Gasteiger partial charge is 0.195 e. The Labute approximate surface area is 130 Å². The van der Waals surface area contributed by atoms with E-state index in [9.17, 15) is 0 Å². The van der Waals surface area contributed by atoms with Crippen molar-refractivity contribution in [2.75, 3.05) is 6.61 Å². The topological polar surface area (TPSA) is 42.8 Å². The Balaban J connectivity index is 1.93. The van der Waals surface area contributed by atoms with Crippen molar-refractivity contribution in [1.82, 2.24) is 14.8 Å². The second-order valence-electron chi connectivity index (χ2n) is 5.47. The number of nitrogens with zero attached hydrogens (tertiary/aromatic N) is 2. The van der Waals surface area contributed by atoms with E-state index in [4.69, 9.17) is 17.0 Å².